The van der Waals surface area contributed by atoms with E-state index in [0.29, 0.717) is 0 Å². The summed E-state index contributed by atoms with van der Waals surface area (Å²) in [5.41, 5.74) is 0. The van der Waals surface area contributed by atoms with E-state index in [4.69, 9.17) is 0 Å². The molecule has 1 aliphatic rings. The minimum absolute atomic E-state index is 0.846. The summed E-state index contributed by atoms with van der Waals surface area (Å²) < 4.78 is 0. The Balaban J connectivity index is 2.22. The van der Waals surface area contributed by atoms with Crippen molar-refractivity contribution in [2.24, 2.45) is 23.7 Å². The van der Waals surface area contributed by atoms with Crippen molar-refractivity contribution in [3.8, 4) is 0 Å². The van der Waals surface area contributed by atoms with Crippen LogP contribution in [0.3, 0.4) is 0 Å². The zero-order valence-corrected chi connectivity index (χ0v) is 15.5. The number of hydrogen-bond acceptors (Lipinski definition) is 1. The molecule has 1 rings (SSSR count). The number of thioether (sulfide) groups is 1. The van der Waals surface area contributed by atoms with Crippen molar-refractivity contribution in [2.75, 3.05) is 6.26 Å². The van der Waals surface area contributed by atoms with Gasteiger partial charge in [0.25, 0.3) is 0 Å². The predicted octanol–water partition coefficient (Wildman–Crippen LogP) is 6.79. The van der Waals surface area contributed by atoms with Gasteiger partial charge in [-0.1, -0.05) is 66.2 Å². The highest BCUT2D eigenvalue weighted by molar-refractivity contribution is 7.99. The molecule has 1 saturated carbocycles. The Hall–Kier alpha value is 0.350. The van der Waals surface area contributed by atoms with Gasteiger partial charge < -0.3 is 0 Å². The van der Waals surface area contributed by atoms with Crippen LogP contribution in [-0.2, 0) is 0 Å². The molecule has 20 heavy (non-hydrogen) atoms. The van der Waals surface area contributed by atoms with Gasteiger partial charge in [0.1, 0.15) is 0 Å². The molecule has 0 heterocycles. The first-order valence-electron chi connectivity index (χ1n) is 9.13. The second kappa shape index (κ2) is 10.1. The quantitative estimate of drug-likeness (QED) is 0.451. The maximum atomic E-state index is 2.51. The molecular formula is C19H38S. The first-order valence-corrected chi connectivity index (χ1v) is 10.4. The predicted molar refractivity (Wildman–Crippen MR) is 95.5 cm³/mol. The summed E-state index contributed by atoms with van der Waals surface area (Å²) in [6, 6.07) is 0. The average molecular weight is 299 g/mol. The molecule has 0 aromatic heterocycles. The maximum absolute atomic E-state index is 2.51. The van der Waals surface area contributed by atoms with Crippen molar-refractivity contribution < 1.29 is 0 Å². The summed E-state index contributed by atoms with van der Waals surface area (Å²) >= 11 is 2.03. The summed E-state index contributed by atoms with van der Waals surface area (Å²) in [6.45, 7) is 9.66. The molecule has 5 unspecified atom stereocenters. The molecule has 0 aromatic rings. The van der Waals surface area contributed by atoms with Gasteiger partial charge in [-0.05, 0) is 49.2 Å². The van der Waals surface area contributed by atoms with Gasteiger partial charge in [0.15, 0.2) is 0 Å². The minimum atomic E-state index is 0.846. The van der Waals surface area contributed by atoms with E-state index in [0.717, 1.165) is 28.9 Å². The first-order chi connectivity index (χ1) is 9.60. The minimum Gasteiger partial charge on any atom is -0.162 e. The van der Waals surface area contributed by atoms with E-state index in [2.05, 4.69) is 34.0 Å². The molecule has 1 aliphatic carbocycles. The molecule has 0 spiro atoms. The third kappa shape index (κ3) is 6.41. The van der Waals surface area contributed by atoms with E-state index in [9.17, 15) is 0 Å². The molecule has 0 aliphatic heterocycles. The Morgan fingerprint density at radius 1 is 1.20 bits per heavy atom. The average Bonchev–Trinajstić information content (AvgIpc) is 2.47. The van der Waals surface area contributed by atoms with Crippen LogP contribution in [0.1, 0.15) is 85.5 Å². The van der Waals surface area contributed by atoms with Crippen molar-refractivity contribution in [2.45, 2.75) is 90.7 Å². The fraction of sp³-hybridized carbons (Fsp3) is 1.00. The van der Waals surface area contributed by atoms with Gasteiger partial charge in [-0.15, -0.1) is 0 Å². The first kappa shape index (κ1) is 18.4. The monoisotopic (exact) mass is 298 g/mol. The molecule has 1 fully saturated rings. The lowest BCUT2D eigenvalue weighted by molar-refractivity contribution is 0.175. The van der Waals surface area contributed by atoms with Crippen LogP contribution in [0.4, 0.5) is 0 Å². The second-order valence-electron chi connectivity index (χ2n) is 7.31. The van der Waals surface area contributed by atoms with Gasteiger partial charge in [-0.25, -0.2) is 0 Å². The van der Waals surface area contributed by atoms with Crippen LogP contribution >= 0.6 is 11.8 Å². The zero-order valence-electron chi connectivity index (χ0n) is 14.7. The third-order valence-electron chi connectivity index (χ3n) is 5.87. The van der Waals surface area contributed by atoms with Crippen LogP contribution in [0, 0.1) is 23.7 Å². The van der Waals surface area contributed by atoms with E-state index >= 15 is 0 Å². The lowest BCUT2D eigenvalue weighted by atomic mass is 9.72. The maximum Gasteiger partial charge on any atom is 0.00185 e. The SMILES string of the molecule is CCC(CCCC1CCC(CC)CC1C)CC(C)SC. The molecule has 1 heteroatoms. The van der Waals surface area contributed by atoms with Gasteiger partial charge in [-0.2, -0.15) is 11.8 Å². The fourth-order valence-corrected chi connectivity index (χ4v) is 4.56. The van der Waals surface area contributed by atoms with Gasteiger partial charge >= 0.3 is 0 Å². The summed E-state index contributed by atoms with van der Waals surface area (Å²) in [6.07, 6.45) is 15.4. The van der Waals surface area contributed by atoms with Gasteiger partial charge in [0.2, 0.25) is 0 Å². The summed E-state index contributed by atoms with van der Waals surface area (Å²) in [4.78, 5) is 0. The highest BCUT2D eigenvalue weighted by Gasteiger charge is 2.26. The van der Waals surface area contributed by atoms with Crippen LogP contribution in [0.2, 0.25) is 0 Å². The van der Waals surface area contributed by atoms with Gasteiger partial charge in [0.05, 0.1) is 0 Å². The molecule has 0 N–H and O–H groups in total. The molecule has 0 bridgehead atoms. The van der Waals surface area contributed by atoms with E-state index in [1.807, 2.05) is 11.8 Å². The number of hydrogen-bond donors (Lipinski definition) is 0. The van der Waals surface area contributed by atoms with E-state index < -0.39 is 0 Å². The van der Waals surface area contributed by atoms with Crippen LogP contribution in [-0.4, -0.2) is 11.5 Å². The van der Waals surface area contributed by atoms with Crippen molar-refractivity contribution in [1.82, 2.24) is 0 Å². The lowest BCUT2D eigenvalue weighted by Gasteiger charge is -2.34. The lowest BCUT2D eigenvalue weighted by Crippen LogP contribution is -2.22. The summed E-state index contributed by atoms with van der Waals surface area (Å²) in [5, 5.41) is 0.846. The van der Waals surface area contributed by atoms with E-state index in [1.165, 1.54) is 57.8 Å². The van der Waals surface area contributed by atoms with Crippen LogP contribution in [0.5, 0.6) is 0 Å². The Morgan fingerprint density at radius 3 is 2.50 bits per heavy atom. The van der Waals surface area contributed by atoms with Gasteiger partial charge in [-0.3, -0.25) is 0 Å². The fourth-order valence-electron chi connectivity index (χ4n) is 4.09. The molecule has 120 valence electrons. The highest BCUT2D eigenvalue weighted by Crippen LogP contribution is 2.38. The Labute approximate surface area is 132 Å². The molecule has 0 nitrogen and oxygen atoms in total. The molecule has 0 saturated heterocycles. The smallest absolute Gasteiger partial charge is 0.00185 e. The molecule has 5 atom stereocenters. The van der Waals surface area contributed by atoms with Crippen LogP contribution < -0.4 is 0 Å². The molecule has 0 aromatic carbocycles. The highest BCUT2D eigenvalue weighted by atomic mass is 32.2. The normalized spacial score (nSPS) is 30.1. The Bertz CT molecular complexity index is 238. The topological polar surface area (TPSA) is 0 Å². The van der Waals surface area contributed by atoms with Crippen molar-refractivity contribution in [3.05, 3.63) is 0 Å². The zero-order chi connectivity index (χ0) is 15.0. The summed E-state index contributed by atoms with van der Waals surface area (Å²) in [5.74, 6) is 4.03. The van der Waals surface area contributed by atoms with E-state index in [-0.39, 0.29) is 0 Å². The Morgan fingerprint density at radius 2 is 1.95 bits per heavy atom. The summed E-state index contributed by atoms with van der Waals surface area (Å²) in [7, 11) is 0. The van der Waals surface area contributed by atoms with Crippen molar-refractivity contribution in [3.63, 3.8) is 0 Å². The molecule has 0 radical (unpaired) electrons. The van der Waals surface area contributed by atoms with E-state index in [1.54, 1.807) is 0 Å². The standard InChI is InChI=1S/C19H38S/c1-6-17(14-16(4)20-5)9-8-10-19-12-11-18(7-2)13-15(19)3/h15-19H,6-14H2,1-5H3. The van der Waals surface area contributed by atoms with Crippen LogP contribution in [0.15, 0.2) is 0 Å². The van der Waals surface area contributed by atoms with Gasteiger partial charge in [0, 0.05) is 5.25 Å². The van der Waals surface area contributed by atoms with Crippen molar-refractivity contribution >= 4 is 11.8 Å². The second-order valence-corrected chi connectivity index (χ2v) is 8.59. The largest absolute Gasteiger partial charge is 0.162 e. The van der Waals surface area contributed by atoms with Crippen LogP contribution in [0.25, 0.3) is 0 Å². The third-order valence-corrected chi connectivity index (χ3v) is 6.86. The number of rotatable bonds is 9. The van der Waals surface area contributed by atoms with Crippen molar-refractivity contribution in [1.29, 1.82) is 0 Å². The Kier molecular flexibility index (Phi) is 9.33. The molecular weight excluding hydrogens is 260 g/mol. The molecule has 0 amide bonds.